The summed E-state index contributed by atoms with van der Waals surface area (Å²) in [5, 5.41) is 1.10. The topological polar surface area (TPSA) is 66.5 Å². The largest absolute Gasteiger partial charge is 0.496 e. The highest BCUT2D eigenvalue weighted by Gasteiger charge is 2.12. The Labute approximate surface area is 148 Å². The van der Waals surface area contributed by atoms with Gasteiger partial charge in [0.1, 0.15) is 5.75 Å². The lowest BCUT2D eigenvalue weighted by molar-refractivity contribution is 0.0600. The summed E-state index contributed by atoms with van der Waals surface area (Å²) in [6.45, 7) is 0.606. The number of rotatable bonds is 4. The van der Waals surface area contributed by atoms with Crippen molar-refractivity contribution in [2.24, 2.45) is 0 Å². The van der Waals surface area contributed by atoms with Crippen LogP contribution in [0.25, 0.3) is 10.9 Å². The van der Waals surface area contributed by atoms with Gasteiger partial charge in [-0.25, -0.2) is 4.79 Å². The molecule has 2 aromatic carbocycles. The number of carbonyl (C=O) groups excluding carboxylic acids is 1. The van der Waals surface area contributed by atoms with Crippen molar-refractivity contribution in [3.63, 3.8) is 0 Å². The maximum atomic E-state index is 11.7. The Bertz CT molecular complexity index is 918. The van der Waals surface area contributed by atoms with E-state index in [9.17, 15) is 4.79 Å². The number of ether oxygens (including phenoxy) is 2. The SMILES string of the molecule is COC(=O)c1ccc(Cn2ccc3cc(Br)c(N)cc32)c(OC)c1. The van der Waals surface area contributed by atoms with Gasteiger partial charge in [-0.2, -0.15) is 0 Å². The third-order valence-corrected chi connectivity index (χ3v) is 4.63. The van der Waals surface area contributed by atoms with E-state index in [1.807, 2.05) is 30.5 Å². The maximum Gasteiger partial charge on any atom is 0.337 e. The normalized spacial score (nSPS) is 10.8. The van der Waals surface area contributed by atoms with Gasteiger partial charge in [0.25, 0.3) is 0 Å². The molecule has 0 atom stereocenters. The van der Waals surface area contributed by atoms with Gasteiger partial charge in [0.05, 0.1) is 31.8 Å². The van der Waals surface area contributed by atoms with Crippen LogP contribution in [0, 0.1) is 0 Å². The van der Waals surface area contributed by atoms with Crippen LogP contribution in [0.3, 0.4) is 0 Å². The number of carbonyl (C=O) groups is 1. The summed E-state index contributed by atoms with van der Waals surface area (Å²) in [7, 11) is 2.94. The number of hydrogen-bond donors (Lipinski definition) is 1. The molecular weight excluding hydrogens is 372 g/mol. The zero-order chi connectivity index (χ0) is 17.3. The molecule has 24 heavy (non-hydrogen) atoms. The number of hydrogen-bond acceptors (Lipinski definition) is 4. The smallest absolute Gasteiger partial charge is 0.337 e. The minimum absolute atomic E-state index is 0.385. The molecular formula is C18H17BrN2O3. The number of aromatic nitrogens is 1. The van der Waals surface area contributed by atoms with E-state index in [0.29, 0.717) is 23.5 Å². The van der Waals surface area contributed by atoms with Crippen molar-refractivity contribution in [3.8, 4) is 5.75 Å². The van der Waals surface area contributed by atoms with Crippen molar-refractivity contribution < 1.29 is 14.3 Å². The number of benzene rings is 2. The molecule has 0 aliphatic rings. The van der Waals surface area contributed by atoms with E-state index in [-0.39, 0.29) is 5.97 Å². The van der Waals surface area contributed by atoms with Crippen molar-refractivity contribution in [1.29, 1.82) is 0 Å². The molecule has 2 N–H and O–H groups in total. The van der Waals surface area contributed by atoms with E-state index < -0.39 is 0 Å². The number of methoxy groups -OCH3 is 2. The standard InChI is InChI=1S/C18H17BrN2O3/c1-23-17-8-12(18(22)24-2)3-4-13(17)10-21-6-5-11-7-14(19)15(20)9-16(11)21/h3-9H,10,20H2,1-2H3. The first-order valence-electron chi connectivity index (χ1n) is 7.32. The van der Waals surface area contributed by atoms with Gasteiger partial charge in [0, 0.05) is 27.3 Å². The highest BCUT2D eigenvalue weighted by molar-refractivity contribution is 9.10. The van der Waals surface area contributed by atoms with Gasteiger partial charge in [-0.05, 0) is 46.3 Å². The molecule has 0 spiro atoms. The molecule has 0 radical (unpaired) electrons. The summed E-state index contributed by atoms with van der Waals surface area (Å²) in [6.07, 6.45) is 2.00. The van der Waals surface area contributed by atoms with Crippen molar-refractivity contribution in [2.45, 2.75) is 6.54 Å². The fourth-order valence-corrected chi connectivity index (χ4v) is 3.03. The second kappa shape index (κ2) is 6.57. The number of fused-ring (bicyclic) bond motifs is 1. The summed E-state index contributed by atoms with van der Waals surface area (Å²) in [6, 6.07) is 11.3. The van der Waals surface area contributed by atoms with Gasteiger partial charge in [0.15, 0.2) is 0 Å². The second-order valence-corrected chi connectivity index (χ2v) is 6.25. The number of nitrogens with two attached hydrogens (primary N) is 1. The third kappa shape index (κ3) is 2.97. The number of nitrogen functional groups attached to an aromatic ring is 1. The van der Waals surface area contributed by atoms with Crippen molar-refractivity contribution >= 4 is 38.5 Å². The quantitative estimate of drug-likeness (QED) is 0.544. The maximum absolute atomic E-state index is 11.7. The Morgan fingerprint density at radius 1 is 1.21 bits per heavy atom. The fourth-order valence-electron chi connectivity index (χ4n) is 2.67. The molecule has 0 aliphatic carbocycles. The van der Waals surface area contributed by atoms with E-state index in [1.54, 1.807) is 19.2 Å². The molecule has 0 fully saturated rings. The monoisotopic (exact) mass is 388 g/mol. The highest BCUT2D eigenvalue weighted by Crippen LogP contribution is 2.29. The Morgan fingerprint density at radius 2 is 2.00 bits per heavy atom. The zero-order valence-corrected chi connectivity index (χ0v) is 15.0. The molecule has 0 bridgehead atoms. The summed E-state index contributed by atoms with van der Waals surface area (Å²) in [5.74, 6) is 0.258. The molecule has 0 saturated carbocycles. The predicted octanol–water partition coefficient (Wildman–Crippen LogP) is 3.83. The van der Waals surface area contributed by atoms with Crippen molar-refractivity contribution in [1.82, 2.24) is 4.57 Å². The Morgan fingerprint density at radius 3 is 2.71 bits per heavy atom. The van der Waals surface area contributed by atoms with Crippen LogP contribution in [0.2, 0.25) is 0 Å². The molecule has 6 heteroatoms. The number of halogens is 1. The van der Waals surface area contributed by atoms with Crippen LogP contribution >= 0.6 is 15.9 Å². The summed E-state index contributed by atoms with van der Waals surface area (Å²) in [4.78, 5) is 11.7. The molecule has 1 heterocycles. The van der Waals surface area contributed by atoms with E-state index in [4.69, 9.17) is 15.2 Å². The molecule has 0 aliphatic heterocycles. The number of esters is 1. The van der Waals surface area contributed by atoms with Crippen LogP contribution in [0.5, 0.6) is 5.75 Å². The van der Waals surface area contributed by atoms with E-state index in [2.05, 4.69) is 20.5 Å². The first-order valence-corrected chi connectivity index (χ1v) is 8.12. The van der Waals surface area contributed by atoms with Crippen LogP contribution in [-0.4, -0.2) is 24.8 Å². The summed E-state index contributed by atoms with van der Waals surface area (Å²) in [5.41, 5.74) is 9.15. The zero-order valence-electron chi connectivity index (χ0n) is 13.4. The van der Waals surface area contributed by atoms with Gasteiger partial charge in [-0.1, -0.05) is 6.07 Å². The predicted molar refractivity (Wildman–Crippen MR) is 97.5 cm³/mol. The second-order valence-electron chi connectivity index (χ2n) is 5.39. The molecule has 3 aromatic rings. The molecule has 0 unspecified atom stereocenters. The number of anilines is 1. The van der Waals surface area contributed by atoms with Gasteiger partial charge < -0.3 is 19.8 Å². The molecule has 124 valence electrons. The van der Waals surface area contributed by atoms with Crippen LogP contribution < -0.4 is 10.5 Å². The summed E-state index contributed by atoms with van der Waals surface area (Å²) >= 11 is 3.45. The molecule has 0 saturated heterocycles. The van der Waals surface area contributed by atoms with E-state index in [0.717, 1.165) is 20.9 Å². The van der Waals surface area contributed by atoms with E-state index >= 15 is 0 Å². The van der Waals surface area contributed by atoms with Crippen LogP contribution in [0.4, 0.5) is 5.69 Å². The van der Waals surface area contributed by atoms with Crippen molar-refractivity contribution in [3.05, 3.63) is 58.2 Å². The van der Waals surface area contributed by atoms with Gasteiger partial charge in [-0.3, -0.25) is 0 Å². The minimum atomic E-state index is -0.385. The lowest BCUT2D eigenvalue weighted by Crippen LogP contribution is -2.05. The summed E-state index contributed by atoms with van der Waals surface area (Å²) < 4.78 is 13.1. The van der Waals surface area contributed by atoms with Crippen LogP contribution in [0.15, 0.2) is 47.1 Å². The molecule has 1 aromatic heterocycles. The first-order chi connectivity index (χ1) is 11.5. The highest BCUT2D eigenvalue weighted by atomic mass is 79.9. The van der Waals surface area contributed by atoms with Gasteiger partial charge in [0.2, 0.25) is 0 Å². The molecule has 5 nitrogen and oxygen atoms in total. The Kier molecular flexibility index (Phi) is 4.49. The van der Waals surface area contributed by atoms with E-state index in [1.165, 1.54) is 7.11 Å². The average molecular weight is 389 g/mol. The average Bonchev–Trinajstić information content (AvgIpc) is 2.96. The van der Waals surface area contributed by atoms with Crippen LogP contribution in [0.1, 0.15) is 15.9 Å². The van der Waals surface area contributed by atoms with Gasteiger partial charge in [-0.15, -0.1) is 0 Å². The molecule has 0 amide bonds. The third-order valence-electron chi connectivity index (χ3n) is 3.94. The van der Waals surface area contributed by atoms with Crippen LogP contribution in [-0.2, 0) is 11.3 Å². The lowest BCUT2D eigenvalue weighted by atomic mass is 10.1. The number of nitrogens with zero attached hydrogens (tertiary/aromatic N) is 1. The van der Waals surface area contributed by atoms with Crippen molar-refractivity contribution in [2.75, 3.05) is 20.0 Å². The molecule has 3 rings (SSSR count). The fraction of sp³-hybridized carbons (Fsp3) is 0.167. The van der Waals surface area contributed by atoms with Gasteiger partial charge >= 0.3 is 5.97 Å². The lowest BCUT2D eigenvalue weighted by Gasteiger charge is -2.12. The first kappa shape index (κ1) is 16.4. The Hall–Kier alpha value is -2.47. The Balaban J connectivity index is 1.99. The minimum Gasteiger partial charge on any atom is -0.496 e.